The highest BCUT2D eigenvalue weighted by Gasteiger charge is 2.23. The predicted molar refractivity (Wildman–Crippen MR) is 105 cm³/mol. The van der Waals surface area contributed by atoms with Crippen LogP contribution in [0.1, 0.15) is 42.5 Å². The summed E-state index contributed by atoms with van der Waals surface area (Å²) >= 11 is 0. The molecule has 2 aromatic carbocycles. The molecule has 0 bridgehead atoms. The van der Waals surface area contributed by atoms with Crippen LogP contribution in [0.3, 0.4) is 0 Å². The molecule has 0 fully saturated rings. The minimum Gasteiger partial charge on any atom is -0.497 e. The lowest BCUT2D eigenvalue weighted by Gasteiger charge is -2.17. The smallest absolute Gasteiger partial charge is 0.229 e. The Morgan fingerprint density at radius 3 is 2.48 bits per heavy atom. The molecular weight excluding hydrogens is 342 g/mol. The molecule has 0 saturated heterocycles. The Balaban J connectivity index is 1.97. The number of carbonyl (C=O) groups excluding carboxylic acids is 2. The second-order valence-corrected chi connectivity index (χ2v) is 7.53. The van der Waals surface area contributed by atoms with E-state index in [1.807, 2.05) is 39.8 Å². The van der Waals surface area contributed by atoms with Crippen LogP contribution in [-0.2, 0) is 4.79 Å². The lowest BCUT2D eigenvalue weighted by molar-refractivity contribution is -0.123. The second kappa shape index (κ2) is 6.91. The van der Waals surface area contributed by atoms with E-state index in [0.29, 0.717) is 22.6 Å². The molecule has 1 heterocycles. The van der Waals surface area contributed by atoms with Crippen LogP contribution < -0.4 is 10.1 Å². The summed E-state index contributed by atoms with van der Waals surface area (Å²) in [4.78, 5) is 25.1. The number of carbonyl (C=O) groups is 2. The first-order chi connectivity index (χ1) is 12.7. The Hall–Kier alpha value is -3.08. The molecule has 140 valence electrons. The molecule has 0 aliphatic carbocycles. The largest absolute Gasteiger partial charge is 0.497 e. The summed E-state index contributed by atoms with van der Waals surface area (Å²) < 4.78 is 11.0. The molecule has 0 saturated carbocycles. The zero-order valence-electron chi connectivity index (χ0n) is 16.2. The van der Waals surface area contributed by atoms with Gasteiger partial charge in [0.1, 0.15) is 11.3 Å². The number of benzene rings is 2. The van der Waals surface area contributed by atoms with Crippen molar-refractivity contribution in [3.8, 4) is 5.75 Å². The van der Waals surface area contributed by atoms with Crippen LogP contribution >= 0.6 is 0 Å². The van der Waals surface area contributed by atoms with E-state index in [2.05, 4.69) is 5.32 Å². The zero-order valence-corrected chi connectivity index (χ0v) is 16.2. The molecule has 0 unspecified atom stereocenters. The molecule has 27 heavy (non-hydrogen) atoms. The van der Waals surface area contributed by atoms with Gasteiger partial charge < -0.3 is 14.5 Å². The molecule has 5 heteroatoms. The minimum atomic E-state index is -0.498. The molecule has 3 aromatic rings. The summed E-state index contributed by atoms with van der Waals surface area (Å²) in [5.74, 6) is 0.611. The summed E-state index contributed by atoms with van der Waals surface area (Å²) in [5.41, 5.74) is 1.97. The number of fused-ring (bicyclic) bond motifs is 1. The Kier molecular flexibility index (Phi) is 4.79. The Labute approximate surface area is 158 Å². The van der Waals surface area contributed by atoms with E-state index in [1.165, 1.54) is 0 Å². The summed E-state index contributed by atoms with van der Waals surface area (Å²) in [5, 5.41) is 3.72. The van der Waals surface area contributed by atoms with E-state index in [1.54, 1.807) is 37.4 Å². The fraction of sp³-hybridized carbons (Fsp3) is 0.273. The molecule has 0 spiro atoms. The average molecular weight is 365 g/mol. The van der Waals surface area contributed by atoms with Gasteiger partial charge in [-0.15, -0.1) is 0 Å². The normalized spacial score (nSPS) is 11.4. The zero-order chi connectivity index (χ0) is 19.8. The van der Waals surface area contributed by atoms with Gasteiger partial charge in [-0.25, -0.2) is 0 Å². The van der Waals surface area contributed by atoms with E-state index in [0.717, 1.165) is 10.9 Å². The first-order valence-electron chi connectivity index (χ1n) is 8.74. The maximum Gasteiger partial charge on any atom is 0.229 e. The number of ether oxygens (including phenoxy) is 1. The van der Waals surface area contributed by atoms with Gasteiger partial charge in [-0.1, -0.05) is 32.9 Å². The minimum absolute atomic E-state index is 0.0854. The molecule has 5 nitrogen and oxygen atoms in total. The van der Waals surface area contributed by atoms with Gasteiger partial charge in [-0.2, -0.15) is 0 Å². The van der Waals surface area contributed by atoms with E-state index in [9.17, 15) is 9.59 Å². The highest BCUT2D eigenvalue weighted by Crippen LogP contribution is 2.30. The third kappa shape index (κ3) is 3.72. The molecule has 3 rings (SSSR count). The number of anilines is 1. The number of ketones is 1. The van der Waals surface area contributed by atoms with Crippen molar-refractivity contribution in [2.24, 2.45) is 5.41 Å². The van der Waals surface area contributed by atoms with Crippen molar-refractivity contribution in [2.45, 2.75) is 27.7 Å². The number of furan rings is 1. The van der Waals surface area contributed by atoms with Crippen molar-refractivity contribution in [1.82, 2.24) is 0 Å². The quantitative estimate of drug-likeness (QED) is 0.663. The van der Waals surface area contributed by atoms with E-state index in [-0.39, 0.29) is 17.5 Å². The number of aryl methyl sites for hydroxylation is 1. The first kappa shape index (κ1) is 18.7. The summed E-state index contributed by atoms with van der Waals surface area (Å²) in [7, 11) is 1.56. The average Bonchev–Trinajstić information content (AvgIpc) is 2.96. The SMILES string of the molecule is COc1cccc(C(=O)c2oc3cc(NC(=O)C(C)(C)C)ccc3c2C)c1. The Bertz CT molecular complexity index is 1020. The van der Waals surface area contributed by atoms with Crippen molar-refractivity contribution in [2.75, 3.05) is 12.4 Å². The van der Waals surface area contributed by atoms with Crippen molar-refractivity contribution >= 4 is 28.3 Å². The van der Waals surface area contributed by atoms with Gasteiger partial charge in [0.2, 0.25) is 11.7 Å². The third-order valence-corrected chi connectivity index (χ3v) is 4.42. The van der Waals surface area contributed by atoms with E-state index in [4.69, 9.17) is 9.15 Å². The highest BCUT2D eigenvalue weighted by molar-refractivity contribution is 6.11. The van der Waals surface area contributed by atoms with Gasteiger partial charge in [-0.3, -0.25) is 9.59 Å². The molecule has 1 N–H and O–H groups in total. The Morgan fingerprint density at radius 2 is 1.81 bits per heavy atom. The fourth-order valence-electron chi connectivity index (χ4n) is 2.73. The number of nitrogens with one attached hydrogen (secondary N) is 1. The van der Waals surface area contributed by atoms with Crippen molar-refractivity contribution < 1.29 is 18.7 Å². The van der Waals surface area contributed by atoms with Gasteiger partial charge >= 0.3 is 0 Å². The number of methoxy groups -OCH3 is 1. The van der Waals surface area contributed by atoms with Gasteiger partial charge in [0.05, 0.1) is 7.11 Å². The summed E-state index contributed by atoms with van der Waals surface area (Å²) in [6.45, 7) is 7.40. The van der Waals surface area contributed by atoms with Crippen LogP contribution in [0.15, 0.2) is 46.9 Å². The van der Waals surface area contributed by atoms with E-state index >= 15 is 0 Å². The van der Waals surface area contributed by atoms with Crippen LogP contribution in [-0.4, -0.2) is 18.8 Å². The maximum atomic E-state index is 12.9. The molecule has 0 atom stereocenters. The Morgan fingerprint density at radius 1 is 1.07 bits per heavy atom. The fourth-order valence-corrected chi connectivity index (χ4v) is 2.73. The van der Waals surface area contributed by atoms with Crippen LogP contribution in [0, 0.1) is 12.3 Å². The van der Waals surface area contributed by atoms with Gasteiger partial charge in [0, 0.05) is 33.7 Å². The van der Waals surface area contributed by atoms with Crippen molar-refractivity contribution in [3.63, 3.8) is 0 Å². The maximum absolute atomic E-state index is 12.9. The highest BCUT2D eigenvalue weighted by atomic mass is 16.5. The number of hydrogen-bond acceptors (Lipinski definition) is 4. The van der Waals surface area contributed by atoms with Gasteiger partial charge in [0.15, 0.2) is 5.76 Å². The van der Waals surface area contributed by atoms with E-state index < -0.39 is 5.41 Å². The lowest BCUT2D eigenvalue weighted by atomic mass is 9.95. The summed E-state index contributed by atoms with van der Waals surface area (Å²) in [6.07, 6.45) is 0. The molecule has 1 amide bonds. The van der Waals surface area contributed by atoms with Gasteiger partial charge in [-0.05, 0) is 31.2 Å². The van der Waals surface area contributed by atoms with Crippen molar-refractivity contribution in [3.05, 3.63) is 59.4 Å². The molecule has 0 aliphatic heterocycles. The van der Waals surface area contributed by atoms with Crippen LogP contribution in [0.5, 0.6) is 5.75 Å². The standard InChI is InChI=1S/C22H23NO4/c1-13-17-10-9-15(23-21(25)22(2,3)4)12-18(17)27-20(13)19(24)14-7-6-8-16(11-14)26-5/h6-12H,1-5H3,(H,23,25). The van der Waals surface area contributed by atoms with Crippen LogP contribution in [0.25, 0.3) is 11.0 Å². The topological polar surface area (TPSA) is 68.5 Å². The predicted octanol–water partition coefficient (Wildman–Crippen LogP) is 4.97. The summed E-state index contributed by atoms with van der Waals surface area (Å²) in [6, 6.07) is 12.4. The monoisotopic (exact) mass is 365 g/mol. The number of rotatable bonds is 4. The lowest BCUT2D eigenvalue weighted by Crippen LogP contribution is -2.27. The third-order valence-electron chi connectivity index (χ3n) is 4.42. The van der Waals surface area contributed by atoms with Crippen LogP contribution in [0.4, 0.5) is 5.69 Å². The molecule has 0 aliphatic rings. The van der Waals surface area contributed by atoms with Gasteiger partial charge in [0.25, 0.3) is 0 Å². The molecule has 1 aromatic heterocycles. The molecule has 0 radical (unpaired) electrons. The first-order valence-corrected chi connectivity index (χ1v) is 8.74. The molecular formula is C22H23NO4. The number of amides is 1. The van der Waals surface area contributed by atoms with Crippen molar-refractivity contribution in [1.29, 1.82) is 0 Å². The van der Waals surface area contributed by atoms with Crippen LogP contribution in [0.2, 0.25) is 0 Å². The number of hydrogen-bond donors (Lipinski definition) is 1. The second-order valence-electron chi connectivity index (χ2n) is 7.53.